The van der Waals surface area contributed by atoms with Gasteiger partial charge in [-0.2, -0.15) is 0 Å². The highest BCUT2D eigenvalue weighted by Gasteiger charge is 2.14. The Morgan fingerprint density at radius 3 is 2.53 bits per heavy atom. The number of nitrogens with one attached hydrogen (secondary N) is 1. The Kier molecular flexibility index (Phi) is 6.45. The van der Waals surface area contributed by atoms with Crippen LogP contribution in [0.15, 0.2) is 29.9 Å². The molecule has 3 N–H and O–H groups in total. The minimum Gasteiger partial charge on any atom is -0.359 e. The lowest BCUT2D eigenvalue weighted by atomic mass is 10.1. The highest BCUT2D eigenvalue weighted by molar-refractivity contribution is 5.78. The molecular formula is C11H22N4. The smallest absolute Gasteiger partial charge is 0.124 e. The number of allylic oxidation sites excluding steroid dienone is 2. The van der Waals surface area contributed by atoms with Crippen molar-refractivity contribution in [1.29, 1.82) is 0 Å². The zero-order chi connectivity index (χ0) is 11.8. The van der Waals surface area contributed by atoms with Crippen molar-refractivity contribution in [1.82, 2.24) is 10.3 Å². The first-order chi connectivity index (χ1) is 7.02. The molecule has 0 radical (unpaired) electrons. The van der Waals surface area contributed by atoms with Gasteiger partial charge in [0.25, 0.3) is 0 Å². The van der Waals surface area contributed by atoms with E-state index in [1.807, 2.05) is 31.1 Å². The minimum atomic E-state index is 0.0808. The van der Waals surface area contributed by atoms with Crippen LogP contribution in [0.25, 0.3) is 0 Å². The number of hydrogen-bond acceptors (Lipinski definition) is 3. The largest absolute Gasteiger partial charge is 0.359 e. The predicted molar refractivity (Wildman–Crippen MR) is 66.2 cm³/mol. The van der Waals surface area contributed by atoms with Gasteiger partial charge in [0.2, 0.25) is 0 Å². The third-order valence-electron chi connectivity index (χ3n) is 2.01. The Labute approximate surface area is 92.5 Å². The predicted octanol–water partition coefficient (Wildman–Crippen LogP) is 1.48. The van der Waals surface area contributed by atoms with E-state index in [-0.39, 0.29) is 6.17 Å². The van der Waals surface area contributed by atoms with Gasteiger partial charge in [-0.1, -0.05) is 26.5 Å². The fourth-order valence-corrected chi connectivity index (χ4v) is 1.23. The van der Waals surface area contributed by atoms with E-state index >= 15 is 0 Å². The van der Waals surface area contributed by atoms with Crippen molar-refractivity contribution in [2.75, 3.05) is 7.05 Å². The van der Waals surface area contributed by atoms with Gasteiger partial charge in [0.05, 0.1) is 0 Å². The quantitative estimate of drug-likeness (QED) is 0.238. The van der Waals surface area contributed by atoms with Gasteiger partial charge in [-0.3, -0.25) is 0 Å². The van der Waals surface area contributed by atoms with Gasteiger partial charge in [0.15, 0.2) is 0 Å². The van der Waals surface area contributed by atoms with Crippen LogP contribution in [0.3, 0.4) is 0 Å². The Bertz CT molecular complexity index is 243. The Morgan fingerprint density at radius 1 is 1.53 bits per heavy atom. The summed E-state index contributed by atoms with van der Waals surface area (Å²) in [6, 6.07) is 0. The summed E-state index contributed by atoms with van der Waals surface area (Å²) in [5.41, 5.74) is 2.54. The molecule has 1 unspecified atom stereocenters. The van der Waals surface area contributed by atoms with E-state index in [4.69, 9.17) is 5.84 Å². The van der Waals surface area contributed by atoms with Gasteiger partial charge in [-0.05, 0) is 18.9 Å². The monoisotopic (exact) mass is 210 g/mol. The zero-order valence-electron chi connectivity index (χ0n) is 10.1. The number of hydrogen-bond donors (Lipinski definition) is 2. The summed E-state index contributed by atoms with van der Waals surface area (Å²) in [7, 11) is 1.98. The van der Waals surface area contributed by atoms with Crippen LogP contribution in [-0.2, 0) is 0 Å². The van der Waals surface area contributed by atoms with Crippen LogP contribution >= 0.6 is 0 Å². The Balaban J connectivity index is 4.66. The van der Waals surface area contributed by atoms with E-state index in [2.05, 4.69) is 30.8 Å². The van der Waals surface area contributed by atoms with E-state index in [1.165, 1.54) is 0 Å². The van der Waals surface area contributed by atoms with Gasteiger partial charge in [-0.25, -0.2) is 10.8 Å². The summed E-state index contributed by atoms with van der Waals surface area (Å²) in [5, 5.41) is 0. The summed E-state index contributed by atoms with van der Waals surface area (Å²) in [5.74, 6) is 6.43. The lowest BCUT2D eigenvalue weighted by Gasteiger charge is -2.27. The molecule has 0 aliphatic heterocycles. The number of aliphatic imine (C=N–C) groups is 1. The molecule has 15 heavy (non-hydrogen) atoms. The van der Waals surface area contributed by atoms with Crippen molar-refractivity contribution in [3.05, 3.63) is 24.9 Å². The van der Waals surface area contributed by atoms with E-state index in [1.54, 1.807) is 6.08 Å². The summed E-state index contributed by atoms with van der Waals surface area (Å²) in [6.07, 6.45) is 5.66. The fraction of sp³-hybridized carbons (Fsp3) is 0.545. The number of hydrazine groups is 1. The van der Waals surface area contributed by atoms with Crippen molar-refractivity contribution in [2.24, 2.45) is 16.8 Å². The van der Waals surface area contributed by atoms with Crippen LogP contribution in [0.1, 0.15) is 20.8 Å². The molecule has 0 fully saturated rings. The molecular weight excluding hydrogens is 188 g/mol. The first-order valence-corrected chi connectivity index (χ1v) is 5.05. The summed E-state index contributed by atoms with van der Waals surface area (Å²) in [4.78, 5) is 6.50. The van der Waals surface area contributed by atoms with Gasteiger partial charge >= 0.3 is 0 Å². The van der Waals surface area contributed by atoms with Crippen molar-refractivity contribution in [3.63, 3.8) is 0 Å². The Morgan fingerprint density at radius 2 is 2.13 bits per heavy atom. The van der Waals surface area contributed by atoms with Gasteiger partial charge in [0.1, 0.15) is 12.0 Å². The molecule has 0 saturated heterocycles. The molecule has 86 valence electrons. The summed E-state index contributed by atoms with van der Waals surface area (Å²) in [6.45, 7) is 9.72. The van der Waals surface area contributed by atoms with E-state index in [0.29, 0.717) is 5.92 Å². The SMILES string of the molecule is C=C/C=C\N(C)C(N=C(C)NN)C(C)C. The third kappa shape index (κ3) is 5.22. The van der Waals surface area contributed by atoms with Crippen molar-refractivity contribution < 1.29 is 0 Å². The lowest BCUT2D eigenvalue weighted by Crippen LogP contribution is -2.35. The average Bonchev–Trinajstić information content (AvgIpc) is 2.21. The third-order valence-corrected chi connectivity index (χ3v) is 2.01. The molecule has 0 aliphatic carbocycles. The van der Waals surface area contributed by atoms with E-state index < -0.39 is 0 Å². The second kappa shape index (κ2) is 7.06. The van der Waals surface area contributed by atoms with Crippen molar-refractivity contribution in [3.8, 4) is 0 Å². The molecule has 4 heteroatoms. The maximum absolute atomic E-state index is 5.29. The molecule has 0 aromatic heterocycles. The number of nitrogens with zero attached hydrogens (tertiary/aromatic N) is 2. The van der Waals surface area contributed by atoms with E-state index in [0.717, 1.165) is 5.84 Å². The average molecular weight is 210 g/mol. The topological polar surface area (TPSA) is 53.6 Å². The molecule has 0 spiro atoms. The van der Waals surface area contributed by atoms with Crippen LogP contribution in [0, 0.1) is 5.92 Å². The molecule has 0 bridgehead atoms. The second-order valence-corrected chi connectivity index (χ2v) is 3.76. The van der Waals surface area contributed by atoms with Gasteiger partial charge in [-0.15, -0.1) is 0 Å². The molecule has 4 nitrogen and oxygen atoms in total. The molecule has 0 aliphatic rings. The maximum Gasteiger partial charge on any atom is 0.124 e. The number of amidine groups is 1. The van der Waals surface area contributed by atoms with Crippen LogP contribution in [-0.4, -0.2) is 23.9 Å². The van der Waals surface area contributed by atoms with Crippen molar-refractivity contribution >= 4 is 5.84 Å². The molecule has 0 aromatic carbocycles. The molecule has 0 aromatic rings. The number of rotatable bonds is 5. The Hall–Kier alpha value is -1.29. The first kappa shape index (κ1) is 13.7. The van der Waals surface area contributed by atoms with Crippen molar-refractivity contribution in [2.45, 2.75) is 26.9 Å². The van der Waals surface area contributed by atoms with Crippen LogP contribution in [0.4, 0.5) is 0 Å². The standard InChI is InChI=1S/C11H22N4/c1-6-7-8-15(5)11(9(2)3)13-10(4)14-12/h6-9,11H,1,12H2,2-5H3,(H,13,14)/b8-7-. The molecule has 1 atom stereocenters. The van der Waals surface area contributed by atoms with Crippen LogP contribution in [0.2, 0.25) is 0 Å². The normalized spacial score (nSPS) is 14.4. The second-order valence-electron chi connectivity index (χ2n) is 3.76. The molecule has 0 heterocycles. The number of nitrogens with two attached hydrogens (primary N) is 1. The lowest BCUT2D eigenvalue weighted by molar-refractivity contribution is 0.268. The zero-order valence-corrected chi connectivity index (χ0v) is 10.1. The molecule has 0 rings (SSSR count). The van der Waals surface area contributed by atoms with Crippen LogP contribution < -0.4 is 11.3 Å². The van der Waals surface area contributed by atoms with E-state index in [9.17, 15) is 0 Å². The fourth-order valence-electron chi connectivity index (χ4n) is 1.23. The summed E-state index contributed by atoms with van der Waals surface area (Å²) < 4.78 is 0. The van der Waals surface area contributed by atoms with Gasteiger partial charge < -0.3 is 10.3 Å². The minimum absolute atomic E-state index is 0.0808. The van der Waals surface area contributed by atoms with Crippen LogP contribution in [0.5, 0.6) is 0 Å². The summed E-state index contributed by atoms with van der Waals surface area (Å²) >= 11 is 0. The molecule has 0 amide bonds. The highest BCUT2D eigenvalue weighted by Crippen LogP contribution is 2.11. The maximum atomic E-state index is 5.29. The highest BCUT2D eigenvalue weighted by atomic mass is 15.3. The first-order valence-electron chi connectivity index (χ1n) is 5.05. The molecule has 0 saturated carbocycles. The van der Waals surface area contributed by atoms with Gasteiger partial charge in [0, 0.05) is 13.2 Å².